The highest BCUT2D eigenvalue weighted by molar-refractivity contribution is 8.13. The monoisotopic (exact) mass is 226 g/mol. The number of hydrogen-bond acceptors (Lipinski definition) is 3. The molecule has 0 bridgehead atoms. The highest BCUT2D eigenvalue weighted by atomic mass is 32.2. The number of rotatable bonds is 0. The van der Waals surface area contributed by atoms with Gasteiger partial charge in [0.15, 0.2) is 0 Å². The van der Waals surface area contributed by atoms with Gasteiger partial charge in [-0.15, -0.1) is 11.3 Å². The Bertz CT molecular complexity index is 385. The highest BCUT2D eigenvalue weighted by Gasteiger charge is 2.14. The maximum Gasteiger partial charge on any atom is 0.0545 e. The lowest BCUT2D eigenvalue weighted by Crippen LogP contribution is -1.70. The summed E-state index contributed by atoms with van der Waals surface area (Å²) >= 11 is 5.42. The molecular weight excluding hydrogens is 216 g/mol. The summed E-state index contributed by atoms with van der Waals surface area (Å²) in [7, 11) is 0. The first kappa shape index (κ1) is 9.44. The van der Waals surface area contributed by atoms with Gasteiger partial charge in [0.2, 0.25) is 0 Å². The topological polar surface area (TPSA) is 0 Å². The Morgan fingerprint density at radius 3 is 2.85 bits per heavy atom. The van der Waals surface area contributed by atoms with E-state index in [0.717, 1.165) is 0 Å². The Balaban J connectivity index is 2.48. The van der Waals surface area contributed by atoms with E-state index in [0.29, 0.717) is 0 Å². The van der Waals surface area contributed by atoms with Crippen LogP contribution in [0.25, 0.3) is 4.91 Å². The van der Waals surface area contributed by atoms with Crippen LogP contribution in [0.15, 0.2) is 27.9 Å². The van der Waals surface area contributed by atoms with Crippen molar-refractivity contribution in [2.24, 2.45) is 0 Å². The van der Waals surface area contributed by atoms with Crippen molar-refractivity contribution < 1.29 is 0 Å². The predicted molar refractivity (Wildman–Crippen MR) is 65.3 cm³/mol. The van der Waals surface area contributed by atoms with Crippen molar-refractivity contribution in [3.8, 4) is 0 Å². The third-order valence-electron chi connectivity index (χ3n) is 1.71. The second kappa shape index (κ2) is 3.56. The summed E-state index contributed by atoms with van der Waals surface area (Å²) in [6, 6.07) is 2.24. The van der Waals surface area contributed by atoms with Gasteiger partial charge in [0.25, 0.3) is 0 Å². The van der Waals surface area contributed by atoms with Crippen molar-refractivity contribution >= 4 is 39.8 Å². The van der Waals surface area contributed by atoms with E-state index in [-0.39, 0.29) is 0 Å². The van der Waals surface area contributed by atoms with Crippen molar-refractivity contribution in [1.29, 1.82) is 0 Å². The van der Waals surface area contributed by atoms with Gasteiger partial charge in [0.1, 0.15) is 0 Å². The van der Waals surface area contributed by atoms with Crippen molar-refractivity contribution in [2.45, 2.75) is 18.7 Å². The molecule has 0 N–H and O–H groups in total. The molecule has 0 unspecified atom stereocenters. The SMILES string of the molecule is C=C1SC(C)=CSc2cc(C)sc21. The molecule has 0 saturated heterocycles. The van der Waals surface area contributed by atoms with Gasteiger partial charge in [-0.2, -0.15) is 0 Å². The number of fused-ring (bicyclic) bond motifs is 1. The molecule has 1 aliphatic heterocycles. The second-order valence-electron chi connectivity index (χ2n) is 2.92. The average Bonchev–Trinajstić information content (AvgIpc) is 2.38. The maximum absolute atomic E-state index is 4.10. The Labute approximate surface area is 91.1 Å². The first-order valence-corrected chi connectivity index (χ1v) is 6.49. The summed E-state index contributed by atoms with van der Waals surface area (Å²) < 4.78 is 0. The van der Waals surface area contributed by atoms with Crippen molar-refractivity contribution in [3.05, 3.63) is 32.7 Å². The fraction of sp³-hybridized carbons (Fsp3) is 0.200. The zero-order valence-corrected chi connectivity index (χ0v) is 10.0. The van der Waals surface area contributed by atoms with Crippen LogP contribution in [0.4, 0.5) is 0 Å². The highest BCUT2D eigenvalue weighted by Crippen LogP contribution is 2.46. The van der Waals surface area contributed by atoms with Crippen LogP contribution in [0, 0.1) is 6.92 Å². The molecule has 68 valence electrons. The van der Waals surface area contributed by atoms with Gasteiger partial charge in [-0.25, -0.2) is 0 Å². The Hall–Kier alpha value is -0.120. The third kappa shape index (κ3) is 1.87. The van der Waals surface area contributed by atoms with Crippen LogP contribution >= 0.6 is 34.9 Å². The van der Waals surface area contributed by atoms with Crippen LogP contribution in [0.3, 0.4) is 0 Å². The second-order valence-corrected chi connectivity index (χ2v) is 6.43. The first-order chi connectivity index (χ1) is 6.16. The Morgan fingerprint density at radius 1 is 1.31 bits per heavy atom. The summed E-state index contributed by atoms with van der Waals surface area (Å²) in [5.74, 6) is 0. The van der Waals surface area contributed by atoms with Crippen LogP contribution in [-0.4, -0.2) is 0 Å². The zero-order valence-electron chi connectivity index (χ0n) is 7.59. The lowest BCUT2D eigenvalue weighted by Gasteiger charge is -1.99. The molecule has 0 aliphatic carbocycles. The molecule has 2 rings (SSSR count). The molecule has 0 aromatic carbocycles. The smallest absolute Gasteiger partial charge is 0.0545 e. The molecule has 1 aromatic rings. The van der Waals surface area contributed by atoms with Crippen molar-refractivity contribution in [3.63, 3.8) is 0 Å². The van der Waals surface area contributed by atoms with Gasteiger partial charge < -0.3 is 0 Å². The molecule has 2 heterocycles. The van der Waals surface area contributed by atoms with Gasteiger partial charge in [0.05, 0.1) is 4.88 Å². The molecule has 0 spiro atoms. The van der Waals surface area contributed by atoms with E-state index >= 15 is 0 Å². The molecule has 0 radical (unpaired) electrons. The molecule has 0 fully saturated rings. The van der Waals surface area contributed by atoms with Crippen molar-refractivity contribution in [1.82, 2.24) is 0 Å². The minimum absolute atomic E-state index is 1.19. The third-order valence-corrected chi connectivity index (χ3v) is 5.17. The van der Waals surface area contributed by atoms with Gasteiger partial charge in [0, 0.05) is 14.7 Å². The van der Waals surface area contributed by atoms with Gasteiger partial charge in [-0.3, -0.25) is 0 Å². The van der Waals surface area contributed by atoms with Gasteiger partial charge in [-0.1, -0.05) is 30.1 Å². The number of hydrogen-bond donors (Lipinski definition) is 0. The number of thiophene rings is 1. The minimum Gasteiger partial charge on any atom is -0.139 e. The molecule has 0 amide bonds. The molecule has 0 saturated carbocycles. The lowest BCUT2D eigenvalue weighted by atomic mass is 10.4. The van der Waals surface area contributed by atoms with Crippen molar-refractivity contribution in [2.75, 3.05) is 0 Å². The summed E-state index contributed by atoms with van der Waals surface area (Å²) in [6.07, 6.45) is 0. The number of allylic oxidation sites excluding steroid dienone is 1. The fourth-order valence-electron chi connectivity index (χ4n) is 1.18. The number of aryl methyl sites for hydroxylation is 1. The van der Waals surface area contributed by atoms with E-state index < -0.39 is 0 Å². The van der Waals surface area contributed by atoms with Crippen LogP contribution in [0.1, 0.15) is 16.7 Å². The molecule has 1 aliphatic rings. The molecular formula is C10H10S3. The summed E-state index contributed by atoms with van der Waals surface area (Å²) in [6.45, 7) is 8.38. The van der Waals surface area contributed by atoms with E-state index in [1.807, 2.05) is 23.1 Å². The summed E-state index contributed by atoms with van der Waals surface area (Å²) in [4.78, 5) is 6.59. The van der Waals surface area contributed by atoms with E-state index in [2.05, 4.69) is 31.9 Å². The van der Waals surface area contributed by atoms with Crippen LogP contribution < -0.4 is 0 Å². The molecule has 0 atom stereocenters. The largest absolute Gasteiger partial charge is 0.139 e. The minimum atomic E-state index is 1.19. The molecule has 0 nitrogen and oxygen atoms in total. The van der Waals surface area contributed by atoms with Crippen LogP contribution in [0.5, 0.6) is 0 Å². The molecule has 13 heavy (non-hydrogen) atoms. The maximum atomic E-state index is 4.10. The van der Waals surface area contributed by atoms with E-state index in [1.54, 1.807) is 11.8 Å². The van der Waals surface area contributed by atoms with Crippen LogP contribution in [0.2, 0.25) is 0 Å². The van der Waals surface area contributed by atoms with E-state index in [1.165, 1.54) is 24.5 Å². The zero-order chi connectivity index (χ0) is 9.42. The Kier molecular flexibility index (Phi) is 2.58. The van der Waals surface area contributed by atoms with Gasteiger partial charge >= 0.3 is 0 Å². The average molecular weight is 226 g/mol. The first-order valence-electron chi connectivity index (χ1n) is 3.98. The van der Waals surface area contributed by atoms with Crippen LogP contribution in [-0.2, 0) is 0 Å². The summed E-state index contributed by atoms with van der Waals surface area (Å²) in [5, 5.41) is 2.20. The summed E-state index contributed by atoms with van der Waals surface area (Å²) in [5.41, 5.74) is 0. The standard InChI is InChI=1S/C10H10S3/c1-6-4-9-10(13-6)8(3)12-7(2)5-11-9/h4-5H,3H2,1-2H3. The van der Waals surface area contributed by atoms with Gasteiger partial charge in [-0.05, 0) is 30.2 Å². The number of thioether (sulfide) groups is 2. The normalized spacial score (nSPS) is 16.5. The fourth-order valence-corrected chi connectivity index (χ4v) is 4.31. The van der Waals surface area contributed by atoms with E-state index in [9.17, 15) is 0 Å². The lowest BCUT2D eigenvalue weighted by molar-refractivity contribution is 1.50. The Morgan fingerprint density at radius 2 is 2.08 bits per heavy atom. The van der Waals surface area contributed by atoms with E-state index in [4.69, 9.17) is 0 Å². The molecule has 3 heteroatoms. The quantitative estimate of drug-likeness (QED) is 0.627. The predicted octanol–water partition coefficient (Wildman–Crippen LogP) is 4.73. The molecule has 1 aromatic heterocycles.